The molecular formula is C27H21Cl. The smallest absolute Gasteiger partial charge is 0.0485 e. The molecule has 5 rings (SSSR count). The molecule has 0 bridgehead atoms. The molecule has 4 aromatic carbocycles. The Hall–Kier alpha value is -2.83. The van der Waals surface area contributed by atoms with Crippen LogP contribution in [0.1, 0.15) is 25.0 Å². The van der Waals surface area contributed by atoms with Crippen molar-refractivity contribution in [3.8, 4) is 33.4 Å². The van der Waals surface area contributed by atoms with Gasteiger partial charge in [0.25, 0.3) is 0 Å². The first-order valence-electron chi connectivity index (χ1n) is 9.66. The first kappa shape index (κ1) is 17.3. The van der Waals surface area contributed by atoms with Gasteiger partial charge in [-0.2, -0.15) is 0 Å². The standard InChI is InChI=1S/C27H21Cl/c1-27(2)23-13-7-6-11-21(23)26-20(12-8-14-24(26)27)22-17-19(15-16-25(22)28)18-9-4-3-5-10-18/h3-17H,1-2H3. The zero-order chi connectivity index (χ0) is 19.3. The van der Waals surface area contributed by atoms with Crippen LogP contribution in [0.25, 0.3) is 33.4 Å². The van der Waals surface area contributed by atoms with Crippen LogP contribution in [0.5, 0.6) is 0 Å². The van der Waals surface area contributed by atoms with Crippen LogP contribution in [0.3, 0.4) is 0 Å². The maximum atomic E-state index is 6.72. The van der Waals surface area contributed by atoms with Gasteiger partial charge in [-0.25, -0.2) is 0 Å². The van der Waals surface area contributed by atoms with Gasteiger partial charge in [-0.3, -0.25) is 0 Å². The number of hydrogen-bond donors (Lipinski definition) is 0. The molecule has 0 atom stereocenters. The summed E-state index contributed by atoms with van der Waals surface area (Å²) >= 11 is 6.72. The van der Waals surface area contributed by atoms with Gasteiger partial charge in [-0.05, 0) is 51.1 Å². The predicted octanol–water partition coefficient (Wildman–Crippen LogP) is 7.98. The molecule has 1 aliphatic carbocycles. The van der Waals surface area contributed by atoms with Crippen LogP contribution in [-0.4, -0.2) is 0 Å². The Morgan fingerprint density at radius 2 is 1.25 bits per heavy atom. The van der Waals surface area contributed by atoms with Crippen molar-refractivity contribution < 1.29 is 0 Å². The fourth-order valence-corrected chi connectivity index (χ4v) is 4.74. The highest BCUT2D eigenvalue weighted by Gasteiger charge is 2.36. The lowest BCUT2D eigenvalue weighted by atomic mass is 9.82. The molecule has 0 saturated carbocycles. The summed E-state index contributed by atoms with van der Waals surface area (Å²) in [4.78, 5) is 0. The molecule has 28 heavy (non-hydrogen) atoms. The number of hydrogen-bond acceptors (Lipinski definition) is 0. The third-order valence-corrected chi connectivity index (χ3v) is 6.30. The first-order valence-corrected chi connectivity index (χ1v) is 10.0. The van der Waals surface area contributed by atoms with Crippen molar-refractivity contribution in [2.45, 2.75) is 19.3 Å². The van der Waals surface area contributed by atoms with E-state index in [0.29, 0.717) is 0 Å². The second kappa shape index (κ2) is 6.36. The van der Waals surface area contributed by atoms with Crippen LogP contribution >= 0.6 is 11.6 Å². The van der Waals surface area contributed by atoms with Gasteiger partial charge >= 0.3 is 0 Å². The fraction of sp³-hybridized carbons (Fsp3) is 0.111. The van der Waals surface area contributed by atoms with Crippen molar-refractivity contribution in [2.75, 3.05) is 0 Å². The van der Waals surface area contributed by atoms with Crippen molar-refractivity contribution in [3.63, 3.8) is 0 Å². The summed E-state index contributed by atoms with van der Waals surface area (Å²) in [6.45, 7) is 4.62. The maximum Gasteiger partial charge on any atom is 0.0485 e. The monoisotopic (exact) mass is 380 g/mol. The third-order valence-electron chi connectivity index (χ3n) is 5.97. The van der Waals surface area contributed by atoms with Crippen LogP contribution in [-0.2, 0) is 5.41 Å². The second-order valence-electron chi connectivity index (χ2n) is 7.96. The van der Waals surface area contributed by atoms with Gasteiger partial charge in [0.2, 0.25) is 0 Å². The average Bonchev–Trinajstić information content (AvgIpc) is 2.97. The normalized spacial score (nSPS) is 13.8. The van der Waals surface area contributed by atoms with Crippen LogP contribution in [0.2, 0.25) is 5.02 Å². The van der Waals surface area contributed by atoms with Gasteiger partial charge < -0.3 is 0 Å². The van der Waals surface area contributed by atoms with Crippen molar-refractivity contribution in [2.24, 2.45) is 0 Å². The van der Waals surface area contributed by atoms with E-state index >= 15 is 0 Å². The van der Waals surface area contributed by atoms with Gasteiger partial charge in [-0.1, -0.05) is 104 Å². The quantitative estimate of drug-likeness (QED) is 0.330. The molecular weight excluding hydrogens is 360 g/mol. The van der Waals surface area contributed by atoms with Gasteiger partial charge in [-0.15, -0.1) is 0 Å². The summed E-state index contributed by atoms with van der Waals surface area (Å²) in [5, 5.41) is 0.787. The lowest BCUT2D eigenvalue weighted by Crippen LogP contribution is -2.14. The van der Waals surface area contributed by atoms with Crippen molar-refractivity contribution in [1.82, 2.24) is 0 Å². The molecule has 0 aliphatic heterocycles. The Bertz CT molecular complexity index is 1190. The number of rotatable bonds is 2. The summed E-state index contributed by atoms with van der Waals surface area (Å²) in [5.74, 6) is 0. The molecule has 4 aromatic rings. The largest absolute Gasteiger partial charge is 0.0837 e. The molecule has 0 unspecified atom stereocenters. The zero-order valence-electron chi connectivity index (χ0n) is 16.0. The van der Waals surface area contributed by atoms with Gasteiger partial charge in [0.15, 0.2) is 0 Å². The summed E-state index contributed by atoms with van der Waals surface area (Å²) in [6, 6.07) is 32.2. The van der Waals surface area contributed by atoms with Crippen LogP contribution in [0.15, 0.2) is 91.0 Å². The molecule has 136 valence electrons. The van der Waals surface area contributed by atoms with Gasteiger partial charge in [0.1, 0.15) is 0 Å². The maximum absolute atomic E-state index is 6.72. The summed E-state index contributed by atoms with van der Waals surface area (Å²) < 4.78 is 0. The first-order chi connectivity index (χ1) is 13.6. The van der Waals surface area contributed by atoms with E-state index in [2.05, 4.69) is 92.7 Å². The molecule has 0 aromatic heterocycles. The minimum atomic E-state index is -0.00848. The lowest BCUT2D eigenvalue weighted by molar-refractivity contribution is 0.660. The van der Waals surface area contributed by atoms with Crippen LogP contribution in [0.4, 0.5) is 0 Å². The predicted molar refractivity (Wildman–Crippen MR) is 120 cm³/mol. The third kappa shape index (κ3) is 2.52. The van der Waals surface area contributed by atoms with E-state index in [1.54, 1.807) is 0 Å². The minimum absolute atomic E-state index is 0.00848. The molecule has 0 heterocycles. The highest BCUT2D eigenvalue weighted by atomic mass is 35.5. The van der Waals surface area contributed by atoms with Gasteiger partial charge in [0, 0.05) is 16.0 Å². The molecule has 0 fully saturated rings. The Kier molecular flexibility index (Phi) is 3.92. The summed E-state index contributed by atoms with van der Waals surface area (Å²) in [5.41, 5.74) is 10.1. The topological polar surface area (TPSA) is 0 Å². The van der Waals surface area contributed by atoms with Crippen molar-refractivity contribution in [1.29, 1.82) is 0 Å². The molecule has 1 aliphatic rings. The Labute approximate surface area is 171 Å². The number of fused-ring (bicyclic) bond motifs is 3. The summed E-state index contributed by atoms with van der Waals surface area (Å²) in [6.07, 6.45) is 0. The van der Waals surface area contributed by atoms with Crippen LogP contribution in [0, 0.1) is 0 Å². The van der Waals surface area contributed by atoms with E-state index < -0.39 is 0 Å². The second-order valence-corrected chi connectivity index (χ2v) is 8.37. The Morgan fingerprint density at radius 3 is 2.07 bits per heavy atom. The minimum Gasteiger partial charge on any atom is -0.0837 e. The Balaban J connectivity index is 1.77. The SMILES string of the molecule is CC1(C)c2ccccc2-c2c(-c3cc(-c4ccccc4)ccc3Cl)cccc21. The molecule has 0 N–H and O–H groups in total. The number of halogens is 1. The van der Waals surface area contributed by atoms with E-state index in [-0.39, 0.29) is 5.41 Å². The molecule has 0 amide bonds. The zero-order valence-corrected chi connectivity index (χ0v) is 16.8. The highest BCUT2D eigenvalue weighted by Crippen LogP contribution is 2.52. The van der Waals surface area contributed by atoms with E-state index in [1.807, 2.05) is 12.1 Å². The molecule has 0 spiro atoms. The lowest BCUT2D eigenvalue weighted by Gasteiger charge is -2.21. The van der Waals surface area contributed by atoms with E-state index in [4.69, 9.17) is 11.6 Å². The van der Waals surface area contributed by atoms with Gasteiger partial charge in [0.05, 0.1) is 0 Å². The average molecular weight is 381 g/mol. The van der Waals surface area contributed by atoms with E-state index in [0.717, 1.165) is 10.6 Å². The molecule has 0 saturated heterocycles. The fourth-order valence-electron chi connectivity index (χ4n) is 4.52. The molecule has 0 radical (unpaired) electrons. The van der Waals surface area contributed by atoms with Crippen LogP contribution < -0.4 is 0 Å². The van der Waals surface area contributed by atoms with E-state index in [9.17, 15) is 0 Å². The van der Waals surface area contributed by atoms with Crippen molar-refractivity contribution in [3.05, 3.63) is 107 Å². The van der Waals surface area contributed by atoms with Crippen molar-refractivity contribution >= 4 is 11.6 Å². The molecule has 0 nitrogen and oxygen atoms in total. The summed E-state index contributed by atoms with van der Waals surface area (Å²) in [7, 11) is 0. The highest BCUT2D eigenvalue weighted by molar-refractivity contribution is 6.33. The Morgan fingerprint density at radius 1 is 0.571 bits per heavy atom. The number of benzene rings is 4. The molecule has 1 heteroatoms. The van der Waals surface area contributed by atoms with E-state index in [1.165, 1.54) is 38.9 Å².